The van der Waals surface area contributed by atoms with Crippen LogP contribution in [0.5, 0.6) is 0 Å². The molecule has 8 nitrogen and oxygen atoms in total. The summed E-state index contributed by atoms with van der Waals surface area (Å²) in [7, 11) is 1.94. The number of alkyl halides is 6. The highest BCUT2D eigenvalue weighted by Gasteiger charge is 2.71. The highest BCUT2D eigenvalue weighted by Crippen LogP contribution is 2.49. The minimum absolute atomic E-state index is 0.0104. The minimum atomic E-state index is -5.96. The molecule has 0 bridgehead atoms. The van der Waals surface area contributed by atoms with Crippen molar-refractivity contribution in [3.8, 4) is 0 Å². The first-order valence-electron chi connectivity index (χ1n) is 12.1. The molecule has 0 radical (unpaired) electrons. The normalized spacial score (nSPS) is 17.5. The van der Waals surface area contributed by atoms with E-state index < -0.39 is 23.5 Å². The van der Waals surface area contributed by atoms with E-state index in [1.807, 2.05) is 29.5 Å². The van der Waals surface area contributed by atoms with Gasteiger partial charge >= 0.3 is 12.4 Å². The Bertz CT molecular complexity index is 986. The molecule has 2 saturated heterocycles. The SMILES string of the molecule is CCC.CN1CCNC(=O)C1.OC(c1cnc(N2CCN(Sc3cccs3)CC2)nc1)(C(F)(F)F)C(F)(F)F. The molecule has 0 atom stereocenters. The Balaban J connectivity index is 0.000000405. The van der Waals surface area contributed by atoms with E-state index in [0.29, 0.717) is 45.1 Å². The lowest BCUT2D eigenvalue weighted by molar-refractivity contribution is -0.376. The van der Waals surface area contributed by atoms with Crippen LogP contribution in [-0.2, 0) is 10.4 Å². The second kappa shape index (κ2) is 14.5. The van der Waals surface area contributed by atoms with Crippen molar-refractivity contribution in [1.82, 2.24) is 24.5 Å². The molecule has 2 aliphatic heterocycles. The second-order valence-electron chi connectivity index (χ2n) is 8.71. The summed E-state index contributed by atoms with van der Waals surface area (Å²) in [6.07, 6.45) is -9.92. The van der Waals surface area contributed by atoms with Crippen molar-refractivity contribution in [3.05, 3.63) is 35.5 Å². The Labute approximate surface area is 231 Å². The fraction of sp³-hybridized carbons (Fsp3) is 0.609. The average molecular weight is 603 g/mol. The second-order valence-corrected chi connectivity index (χ2v) is 11.1. The van der Waals surface area contributed by atoms with Crippen molar-refractivity contribution >= 4 is 35.1 Å². The van der Waals surface area contributed by atoms with Gasteiger partial charge in [0.25, 0.3) is 5.60 Å². The molecule has 0 aliphatic carbocycles. The predicted octanol–water partition coefficient (Wildman–Crippen LogP) is 4.14. The minimum Gasteiger partial charge on any atom is -0.369 e. The molecule has 4 rings (SSSR count). The number of piperazine rings is 2. The lowest BCUT2D eigenvalue weighted by Crippen LogP contribution is -2.54. The van der Waals surface area contributed by atoms with Gasteiger partial charge in [0, 0.05) is 57.2 Å². The summed E-state index contributed by atoms with van der Waals surface area (Å²) in [6.45, 7) is 8.73. The third-order valence-electron chi connectivity index (χ3n) is 5.34. The van der Waals surface area contributed by atoms with Gasteiger partial charge in [-0.3, -0.25) is 9.69 Å². The van der Waals surface area contributed by atoms with E-state index in [2.05, 4.69) is 33.4 Å². The molecular formula is C23H32F6N6O2S2. The summed E-state index contributed by atoms with van der Waals surface area (Å²) in [5.41, 5.74) is -6.49. The largest absolute Gasteiger partial charge is 0.430 e. The Morgan fingerprint density at radius 1 is 1.03 bits per heavy atom. The van der Waals surface area contributed by atoms with Crippen LogP contribution in [0.25, 0.3) is 0 Å². The zero-order chi connectivity index (χ0) is 29.3. The van der Waals surface area contributed by atoms with E-state index in [0.717, 1.165) is 17.3 Å². The molecule has 16 heteroatoms. The number of aromatic nitrogens is 2. The van der Waals surface area contributed by atoms with Gasteiger partial charge in [0.05, 0.1) is 10.8 Å². The average Bonchev–Trinajstić information content (AvgIpc) is 3.37. The van der Waals surface area contributed by atoms with Crippen LogP contribution in [0.15, 0.2) is 34.1 Å². The quantitative estimate of drug-likeness (QED) is 0.399. The molecule has 2 aliphatic rings. The smallest absolute Gasteiger partial charge is 0.369 e. The third-order valence-corrected chi connectivity index (χ3v) is 7.45. The first-order chi connectivity index (χ1) is 18.2. The van der Waals surface area contributed by atoms with Crippen LogP contribution in [0.2, 0.25) is 0 Å². The van der Waals surface area contributed by atoms with Gasteiger partial charge in [0.2, 0.25) is 11.9 Å². The van der Waals surface area contributed by atoms with Gasteiger partial charge in [0.1, 0.15) is 0 Å². The number of nitrogens with one attached hydrogen (secondary N) is 1. The highest BCUT2D eigenvalue weighted by molar-refractivity contribution is 7.98. The molecule has 0 aromatic carbocycles. The Morgan fingerprint density at radius 3 is 2.00 bits per heavy atom. The lowest BCUT2D eigenvalue weighted by atomic mass is 9.95. The molecule has 4 heterocycles. The number of anilines is 1. The van der Waals surface area contributed by atoms with Crippen molar-refractivity contribution in [2.75, 3.05) is 57.8 Å². The van der Waals surface area contributed by atoms with E-state index in [4.69, 9.17) is 0 Å². The first kappa shape index (κ1) is 33.1. The topological polar surface area (TPSA) is 84.8 Å². The van der Waals surface area contributed by atoms with E-state index in [1.54, 1.807) is 28.2 Å². The number of aliphatic hydroxyl groups is 1. The number of amides is 1. The van der Waals surface area contributed by atoms with Gasteiger partial charge < -0.3 is 15.3 Å². The summed E-state index contributed by atoms with van der Waals surface area (Å²) < 4.78 is 80.6. The lowest BCUT2D eigenvalue weighted by Gasteiger charge is -2.34. The van der Waals surface area contributed by atoms with Crippen LogP contribution < -0.4 is 10.2 Å². The predicted molar refractivity (Wildman–Crippen MR) is 138 cm³/mol. The van der Waals surface area contributed by atoms with Crippen LogP contribution in [0.1, 0.15) is 25.8 Å². The molecule has 220 valence electrons. The monoisotopic (exact) mass is 602 g/mol. The third kappa shape index (κ3) is 9.20. The molecule has 39 heavy (non-hydrogen) atoms. The maximum Gasteiger partial charge on any atom is 0.430 e. The zero-order valence-electron chi connectivity index (χ0n) is 21.7. The van der Waals surface area contributed by atoms with Crippen molar-refractivity contribution in [2.45, 2.75) is 42.4 Å². The van der Waals surface area contributed by atoms with Crippen LogP contribution in [0.3, 0.4) is 0 Å². The van der Waals surface area contributed by atoms with Crippen LogP contribution >= 0.6 is 23.3 Å². The summed E-state index contributed by atoms with van der Waals surface area (Å²) in [6, 6.07) is 3.91. The Hall–Kier alpha value is -2.14. The number of hydrogen-bond acceptors (Lipinski definition) is 9. The molecule has 2 aromatic heterocycles. The number of hydrogen-bond donors (Lipinski definition) is 2. The van der Waals surface area contributed by atoms with Crippen LogP contribution in [-0.4, -0.2) is 95.4 Å². The van der Waals surface area contributed by atoms with Crippen LogP contribution in [0.4, 0.5) is 32.3 Å². The number of carbonyl (C=O) groups is 1. The summed E-state index contributed by atoms with van der Waals surface area (Å²) in [4.78, 5) is 21.4. The molecule has 0 spiro atoms. The van der Waals surface area contributed by atoms with E-state index in [1.165, 1.54) is 6.42 Å². The number of carbonyl (C=O) groups excluding carboxylic acids is 1. The highest BCUT2D eigenvalue weighted by atomic mass is 32.2. The van der Waals surface area contributed by atoms with Gasteiger partial charge in [-0.2, -0.15) is 26.3 Å². The van der Waals surface area contributed by atoms with Crippen molar-refractivity contribution in [3.63, 3.8) is 0 Å². The summed E-state index contributed by atoms with van der Waals surface area (Å²) in [5.74, 6) is 0.148. The Kier molecular flexibility index (Phi) is 12.3. The fourth-order valence-electron chi connectivity index (χ4n) is 3.35. The first-order valence-corrected chi connectivity index (χ1v) is 13.7. The standard InChI is InChI=1S/C15H14F6N4OS2.C5H10N2O.C3H8/c16-14(17,18)13(26,15(19,20)21)10-8-22-12(23-9-10)24-3-5-25(6-4-24)28-11-2-1-7-27-11;1-7-3-2-6-5(8)4-7;1-3-2/h1-2,7-9,26H,3-6H2;2-4H2,1H3,(H,6,8);3H2,1-2H3. The van der Waals surface area contributed by atoms with Gasteiger partial charge in [-0.05, 0) is 30.4 Å². The maximum atomic E-state index is 12.9. The molecular weight excluding hydrogens is 570 g/mol. The number of nitrogens with zero attached hydrogens (tertiary/aromatic N) is 5. The molecule has 0 unspecified atom stereocenters. The van der Waals surface area contributed by atoms with E-state index in [9.17, 15) is 36.2 Å². The summed E-state index contributed by atoms with van der Waals surface area (Å²) in [5, 5.41) is 14.0. The summed E-state index contributed by atoms with van der Waals surface area (Å²) >= 11 is 3.18. The zero-order valence-corrected chi connectivity index (χ0v) is 23.4. The van der Waals surface area contributed by atoms with Crippen molar-refractivity contribution in [1.29, 1.82) is 0 Å². The number of rotatable bonds is 4. The van der Waals surface area contributed by atoms with Gasteiger partial charge in [-0.25, -0.2) is 14.3 Å². The molecule has 2 fully saturated rings. The maximum absolute atomic E-state index is 12.9. The molecule has 2 aromatic rings. The number of thiophene rings is 1. The molecule has 1 amide bonds. The van der Waals surface area contributed by atoms with E-state index >= 15 is 0 Å². The Morgan fingerprint density at radius 2 is 1.59 bits per heavy atom. The van der Waals surface area contributed by atoms with Gasteiger partial charge in [-0.1, -0.05) is 26.3 Å². The van der Waals surface area contributed by atoms with Crippen LogP contribution in [0, 0.1) is 0 Å². The van der Waals surface area contributed by atoms with Gasteiger partial charge in [-0.15, -0.1) is 11.3 Å². The van der Waals surface area contributed by atoms with Crippen molar-refractivity contribution < 1.29 is 36.2 Å². The van der Waals surface area contributed by atoms with Gasteiger partial charge in [0.15, 0.2) is 0 Å². The van der Waals surface area contributed by atoms with Crippen molar-refractivity contribution in [2.24, 2.45) is 0 Å². The molecule has 0 saturated carbocycles. The fourth-order valence-corrected chi connectivity index (χ4v) is 5.19. The number of likely N-dealkylation sites (N-methyl/N-ethyl adjacent to an activating group) is 1. The van der Waals surface area contributed by atoms with E-state index in [-0.39, 0.29) is 11.9 Å². The number of halogens is 6. The molecule has 2 N–H and O–H groups in total.